The SMILES string of the molecule is CC(C)/N=C(/Nc1ccc(C(CC(N)=O)c2ccc(Cl)cc2Cl)cc1)N1C[C@H](C)NCC1C. The zero-order chi connectivity index (χ0) is 24.1. The van der Waals surface area contributed by atoms with Crippen LogP contribution in [0.5, 0.6) is 0 Å². The molecule has 6 nitrogen and oxygen atoms in total. The molecule has 1 aliphatic rings. The monoisotopic (exact) mass is 489 g/mol. The van der Waals surface area contributed by atoms with E-state index in [0.717, 1.165) is 35.9 Å². The van der Waals surface area contributed by atoms with Gasteiger partial charge < -0.3 is 21.3 Å². The van der Waals surface area contributed by atoms with E-state index in [1.807, 2.05) is 30.3 Å². The second-order valence-corrected chi connectivity index (χ2v) is 9.84. The molecule has 1 aliphatic heterocycles. The van der Waals surface area contributed by atoms with Crippen molar-refractivity contribution in [3.8, 4) is 0 Å². The third-order valence-corrected chi connectivity index (χ3v) is 6.29. The first-order chi connectivity index (χ1) is 15.6. The van der Waals surface area contributed by atoms with E-state index in [-0.39, 0.29) is 24.3 Å². The molecule has 178 valence electrons. The van der Waals surface area contributed by atoms with Gasteiger partial charge in [0.1, 0.15) is 0 Å². The largest absolute Gasteiger partial charge is 0.370 e. The maximum absolute atomic E-state index is 11.8. The number of benzene rings is 2. The molecule has 0 radical (unpaired) electrons. The second-order valence-electron chi connectivity index (χ2n) is 8.99. The fourth-order valence-corrected chi connectivity index (χ4v) is 4.60. The first kappa shape index (κ1) is 25.3. The summed E-state index contributed by atoms with van der Waals surface area (Å²) in [5, 5.41) is 8.09. The first-order valence-electron chi connectivity index (χ1n) is 11.3. The Morgan fingerprint density at radius 3 is 2.52 bits per heavy atom. The number of hydrogen-bond donors (Lipinski definition) is 3. The van der Waals surface area contributed by atoms with Crippen molar-refractivity contribution in [1.29, 1.82) is 0 Å². The fourth-order valence-electron chi connectivity index (χ4n) is 4.06. The van der Waals surface area contributed by atoms with Gasteiger partial charge in [0.2, 0.25) is 5.91 Å². The summed E-state index contributed by atoms with van der Waals surface area (Å²) in [5.41, 5.74) is 8.26. The third-order valence-electron chi connectivity index (χ3n) is 5.73. The lowest BCUT2D eigenvalue weighted by Gasteiger charge is -2.40. The number of rotatable bonds is 6. The van der Waals surface area contributed by atoms with Crippen LogP contribution >= 0.6 is 23.2 Å². The highest BCUT2D eigenvalue weighted by Crippen LogP contribution is 2.35. The van der Waals surface area contributed by atoms with Gasteiger partial charge in [-0.1, -0.05) is 41.4 Å². The molecule has 33 heavy (non-hydrogen) atoms. The minimum absolute atomic E-state index is 0.157. The molecule has 4 N–H and O–H groups in total. The molecule has 2 aromatic rings. The van der Waals surface area contributed by atoms with Crippen molar-refractivity contribution in [2.45, 2.75) is 58.2 Å². The van der Waals surface area contributed by atoms with Gasteiger partial charge in [0.05, 0.1) is 0 Å². The highest BCUT2D eigenvalue weighted by atomic mass is 35.5. The van der Waals surface area contributed by atoms with Gasteiger partial charge in [-0.2, -0.15) is 0 Å². The van der Waals surface area contributed by atoms with E-state index in [2.05, 4.69) is 43.2 Å². The second kappa shape index (κ2) is 11.2. The lowest BCUT2D eigenvalue weighted by molar-refractivity contribution is -0.118. The molecule has 2 aromatic carbocycles. The number of primary amides is 1. The molecule has 1 heterocycles. The first-order valence-corrected chi connectivity index (χ1v) is 12.1. The van der Waals surface area contributed by atoms with Crippen molar-refractivity contribution < 1.29 is 4.79 Å². The zero-order valence-corrected chi connectivity index (χ0v) is 21.1. The molecule has 1 amide bonds. The Hall–Kier alpha value is -2.28. The number of aliphatic imine (C=N–C) groups is 1. The molecular weight excluding hydrogens is 457 g/mol. The Labute approximate surface area is 206 Å². The summed E-state index contributed by atoms with van der Waals surface area (Å²) in [6.07, 6.45) is 0.157. The third kappa shape index (κ3) is 6.85. The Balaban J connectivity index is 1.86. The van der Waals surface area contributed by atoms with Gasteiger partial charge in [0.15, 0.2) is 5.96 Å². The summed E-state index contributed by atoms with van der Waals surface area (Å²) in [6, 6.07) is 14.2. The molecule has 2 unspecified atom stereocenters. The molecular formula is C25H33Cl2N5O. The van der Waals surface area contributed by atoms with Crippen LogP contribution < -0.4 is 16.4 Å². The molecule has 0 aliphatic carbocycles. The van der Waals surface area contributed by atoms with Crippen LogP contribution in [-0.4, -0.2) is 48.0 Å². The minimum atomic E-state index is -0.388. The van der Waals surface area contributed by atoms with E-state index >= 15 is 0 Å². The minimum Gasteiger partial charge on any atom is -0.370 e. The Bertz CT molecular complexity index is 993. The van der Waals surface area contributed by atoms with Gasteiger partial charge in [-0.05, 0) is 63.1 Å². The van der Waals surface area contributed by atoms with Gasteiger partial charge in [-0.25, -0.2) is 0 Å². The van der Waals surface area contributed by atoms with E-state index in [0.29, 0.717) is 22.1 Å². The van der Waals surface area contributed by atoms with Gasteiger partial charge in [-0.15, -0.1) is 0 Å². The summed E-state index contributed by atoms with van der Waals surface area (Å²) >= 11 is 12.5. The van der Waals surface area contributed by atoms with Crippen molar-refractivity contribution in [3.05, 3.63) is 63.6 Å². The standard InChI is InChI=1S/C25H33Cl2N5O/c1-15(2)30-25(32-14-16(3)29-13-17(32)4)31-20-8-5-18(6-9-20)22(12-24(28)33)21-10-7-19(26)11-23(21)27/h5-11,15-17,22,29H,12-14H2,1-4H3,(H2,28,33)(H,30,31)/t16-,17?,22?/m0/s1. The van der Waals surface area contributed by atoms with Crippen molar-refractivity contribution in [3.63, 3.8) is 0 Å². The van der Waals surface area contributed by atoms with Gasteiger partial charge in [0, 0.05) is 59.3 Å². The Kier molecular flexibility index (Phi) is 8.63. The number of anilines is 1. The lowest BCUT2D eigenvalue weighted by atomic mass is 9.88. The summed E-state index contributed by atoms with van der Waals surface area (Å²) in [7, 11) is 0. The van der Waals surface area contributed by atoms with Crippen molar-refractivity contribution >= 4 is 40.8 Å². The summed E-state index contributed by atoms with van der Waals surface area (Å²) in [6.45, 7) is 10.3. The van der Waals surface area contributed by atoms with Crippen molar-refractivity contribution in [1.82, 2.24) is 10.2 Å². The van der Waals surface area contributed by atoms with E-state index in [1.165, 1.54) is 0 Å². The number of carbonyl (C=O) groups excluding carboxylic acids is 1. The highest BCUT2D eigenvalue weighted by Gasteiger charge is 2.26. The molecule has 3 rings (SSSR count). The average molecular weight is 490 g/mol. The van der Waals surface area contributed by atoms with Crippen LogP contribution in [0.3, 0.4) is 0 Å². The summed E-state index contributed by atoms with van der Waals surface area (Å²) in [4.78, 5) is 19.0. The number of halogens is 2. The maximum Gasteiger partial charge on any atom is 0.218 e. The maximum atomic E-state index is 11.8. The van der Waals surface area contributed by atoms with Crippen LogP contribution in [-0.2, 0) is 4.79 Å². The van der Waals surface area contributed by atoms with Gasteiger partial charge in [0.25, 0.3) is 0 Å². The van der Waals surface area contributed by atoms with Crippen LogP contribution in [0.4, 0.5) is 5.69 Å². The molecule has 0 aromatic heterocycles. The summed E-state index contributed by atoms with van der Waals surface area (Å²) in [5.74, 6) is 0.230. The molecule has 3 atom stereocenters. The summed E-state index contributed by atoms with van der Waals surface area (Å²) < 4.78 is 0. The number of amides is 1. The number of carbonyl (C=O) groups is 1. The van der Waals surface area contributed by atoms with Crippen molar-refractivity contribution in [2.75, 3.05) is 18.4 Å². The van der Waals surface area contributed by atoms with E-state index in [9.17, 15) is 4.79 Å². The number of hydrogen-bond acceptors (Lipinski definition) is 3. The van der Waals surface area contributed by atoms with Gasteiger partial charge >= 0.3 is 0 Å². The quantitative estimate of drug-likeness (QED) is 0.399. The van der Waals surface area contributed by atoms with E-state index in [4.69, 9.17) is 33.9 Å². The number of nitrogens with two attached hydrogens (primary N) is 1. The van der Waals surface area contributed by atoms with Crippen LogP contribution in [0.25, 0.3) is 0 Å². The topological polar surface area (TPSA) is 82.7 Å². The van der Waals surface area contributed by atoms with Crippen LogP contribution in [0.2, 0.25) is 10.0 Å². The number of nitrogens with one attached hydrogen (secondary N) is 2. The van der Waals surface area contributed by atoms with Crippen LogP contribution in [0.15, 0.2) is 47.5 Å². The molecule has 1 saturated heterocycles. The predicted molar refractivity (Wildman–Crippen MR) is 138 cm³/mol. The molecule has 8 heteroatoms. The van der Waals surface area contributed by atoms with E-state index in [1.54, 1.807) is 12.1 Å². The van der Waals surface area contributed by atoms with Gasteiger partial charge in [-0.3, -0.25) is 9.79 Å². The smallest absolute Gasteiger partial charge is 0.218 e. The molecule has 0 bridgehead atoms. The zero-order valence-electron chi connectivity index (χ0n) is 19.6. The van der Waals surface area contributed by atoms with Crippen LogP contribution in [0, 0.1) is 0 Å². The number of piperazine rings is 1. The Morgan fingerprint density at radius 2 is 1.91 bits per heavy atom. The molecule has 0 saturated carbocycles. The Morgan fingerprint density at radius 1 is 1.21 bits per heavy atom. The van der Waals surface area contributed by atoms with E-state index < -0.39 is 0 Å². The fraction of sp³-hybridized carbons (Fsp3) is 0.440. The van der Waals surface area contributed by atoms with Crippen molar-refractivity contribution in [2.24, 2.45) is 10.7 Å². The normalized spacial score (nSPS) is 20.1. The van der Waals surface area contributed by atoms with Crippen LogP contribution in [0.1, 0.15) is 51.2 Å². The lowest BCUT2D eigenvalue weighted by Crippen LogP contribution is -2.57. The number of guanidine groups is 1. The molecule has 1 fully saturated rings. The highest BCUT2D eigenvalue weighted by molar-refractivity contribution is 6.35. The predicted octanol–water partition coefficient (Wildman–Crippen LogP) is 4.86. The average Bonchev–Trinajstić information content (AvgIpc) is 2.74. The molecule has 0 spiro atoms. The number of nitrogens with zero attached hydrogens (tertiary/aromatic N) is 2.